The van der Waals surface area contributed by atoms with Crippen LogP contribution in [-0.2, 0) is 12.8 Å². The first kappa shape index (κ1) is 21.0. The zero-order valence-electron chi connectivity index (χ0n) is 15.2. The van der Waals surface area contributed by atoms with Crippen molar-refractivity contribution in [2.75, 3.05) is 7.11 Å². The van der Waals surface area contributed by atoms with Gasteiger partial charge < -0.3 is 4.74 Å². The maximum Gasteiger partial charge on any atom is 0.182 e. The van der Waals surface area contributed by atoms with Crippen LogP contribution in [0.2, 0.25) is 0 Å². The van der Waals surface area contributed by atoms with Crippen molar-refractivity contribution in [1.82, 2.24) is 15.8 Å². The summed E-state index contributed by atoms with van der Waals surface area (Å²) in [5, 5.41) is 17.2. The molecule has 1 heterocycles. The lowest BCUT2D eigenvalue weighted by atomic mass is 10.1. The molecule has 150 valence electrons. The van der Waals surface area contributed by atoms with Gasteiger partial charge in [-0.3, -0.25) is 10.7 Å². The van der Waals surface area contributed by atoms with Crippen LogP contribution in [0.5, 0.6) is 5.75 Å². The lowest BCUT2D eigenvalue weighted by molar-refractivity contribution is 0.234. The van der Waals surface area contributed by atoms with Crippen LogP contribution in [0.4, 0.5) is 10.1 Å². The van der Waals surface area contributed by atoms with Crippen LogP contribution in [-0.4, -0.2) is 33.3 Å². The molecule has 0 spiro atoms. The molecule has 10 heteroatoms. The number of aliphatic imine (C=N–C) groups is 1. The first-order valence-electron chi connectivity index (χ1n) is 8.40. The Kier molecular flexibility index (Phi) is 7.02. The molecule has 1 aromatic heterocycles. The molecule has 0 aliphatic rings. The fourth-order valence-corrected chi connectivity index (χ4v) is 3.21. The van der Waals surface area contributed by atoms with Crippen molar-refractivity contribution in [3.63, 3.8) is 0 Å². The summed E-state index contributed by atoms with van der Waals surface area (Å²) < 4.78 is 23.6. The van der Waals surface area contributed by atoms with Gasteiger partial charge in [0.05, 0.1) is 17.3 Å². The number of nitrogens with zero attached hydrogens (tertiary/aromatic N) is 3. The topological polar surface area (TPSA) is 92.8 Å². The molecular weight excluding hydrogens is 463 g/mol. The molecule has 0 saturated heterocycles. The van der Waals surface area contributed by atoms with Gasteiger partial charge in [-0.2, -0.15) is 0 Å². The highest BCUT2D eigenvalue weighted by atomic mass is 79.9. The van der Waals surface area contributed by atoms with E-state index in [9.17, 15) is 9.60 Å². The number of nitrogens with one attached hydrogen (secondary N) is 1. The van der Waals surface area contributed by atoms with Crippen LogP contribution in [0.3, 0.4) is 0 Å². The molecule has 3 aromatic rings. The summed E-state index contributed by atoms with van der Waals surface area (Å²) in [4.78, 5) is 4.93. The van der Waals surface area contributed by atoms with E-state index in [1.165, 1.54) is 18.2 Å². The molecule has 7 nitrogen and oxygen atoms in total. The van der Waals surface area contributed by atoms with Crippen LogP contribution in [0.15, 0.2) is 56.6 Å². The normalized spacial score (nSPS) is 11.4. The number of halogens is 2. The number of aromatic nitrogens is 2. The molecule has 2 aromatic carbocycles. The van der Waals surface area contributed by atoms with E-state index < -0.39 is 5.82 Å². The van der Waals surface area contributed by atoms with E-state index in [1.807, 2.05) is 29.7 Å². The number of hydrogen-bond donors (Lipinski definition) is 2. The van der Waals surface area contributed by atoms with Crippen molar-refractivity contribution in [1.29, 1.82) is 0 Å². The van der Waals surface area contributed by atoms with Gasteiger partial charge in [-0.1, -0.05) is 29.5 Å². The van der Waals surface area contributed by atoms with Gasteiger partial charge in [-0.05, 0) is 57.0 Å². The molecule has 0 saturated carbocycles. The summed E-state index contributed by atoms with van der Waals surface area (Å²) in [7, 11) is 1.61. The molecule has 2 N–H and O–H groups in total. The fourth-order valence-electron chi connectivity index (χ4n) is 2.54. The van der Waals surface area contributed by atoms with Gasteiger partial charge >= 0.3 is 0 Å². The Bertz CT molecular complexity index is 1040. The average molecular weight is 479 g/mol. The minimum absolute atomic E-state index is 0.00649. The van der Waals surface area contributed by atoms with Crippen LogP contribution < -0.4 is 10.2 Å². The van der Waals surface area contributed by atoms with Gasteiger partial charge in [-0.25, -0.2) is 14.0 Å². The standard InChI is InChI=1S/C19H16BrFN4O3S/c1-27-13-5-2-11(3-6-13)8-14(29)10-17-18(25-28-24-17)19(23-26)22-12-4-7-16(21)15(20)9-12/h2-7,9,26H,8,10H2,1H3,(H,22,23). The minimum Gasteiger partial charge on any atom is -0.497 e. The zero-order chi connectivity index (χ0) is 20.8. The molecule has 0 bridgehead atoms. The Hall–Kier alpha value is -2.69. The van der Waals surface area contributed by atoms with Gasteiger partial charge in [0.1, 0.15) is 17.3 Å². The van der Waals surface area contributed by atoms with E-state index in [0.29, 0.717) is 29.1 Å². The maximum absolute atomic E-state index is 13.4. The van der Waals surface area contributed by atoms with Crippen molar-refractivity contribution < 1.29 is 19.0 Å². The molecule has 29 heavy (non-hydrogen) atoms. The Morgan fingerprint density at radius 3 is 2.66 bits per heavy atom. The van der Waals surface area contributed by atoms with E-state index >= 15 is 0 Å². The van der Waals surface area contributed by atoms with Gasteiger partial charge in [0.15, 0.2) is 11.5 Å². The van der Waals surface area contributed by atoms with E-state index in [2.05, 4.69) is 31.2 Å². The molecule has 0 atom stereocenters. The van der Waals surface area contributed by atoms with E-state index in [0.717, 1.165) is 11.3 Å². The van der Waals surface area contributed by atoms with Crippen molar-refractivity contribution in [3.05, 3.63) is 69.7 Å². The molecule has 0 unspecified atom stereocenters. The summed E-state index contributed by atoms with van der Waals surface area (Å²) in [6.07, 6.45) is 0.851. The van der Waals surface area contributed by atoms with E-state index in [4.69, 9.17) is 21.6 Å². The monoisotopic (exact) mass is 478 g/mol. The van der Waals surface area contributed by atoms with Gasteiger partial charge in [0, 0.05) is 17.7 Å². The summed E-state index contributed by atoms with van der Waals surface area (Å²) in [6, 6.07) is 11.8. The number of ether oxygens (including phenoxy) is 1. The summed E-state index contributed by atoms with van der Waals surface area (Å²) >= 11 is 8.57. The summed E-state index contributed by atoms with van der Waals surface area (Å²) in [5.41, 5.74) is 4.04. The van der Waals surface area contributed by atoms with Crippen LogP contribution in [0.1, 0.15) is 17.0 Å². The van der Waals surface area contributed by atoms with Gasteiger partial charge in [0.2, 0.25) is 0 Å². The number of thiocarbonyl (C=S) groups is 1. The molecule has 3 rings (SSSR count). The third kappa shape index (κ3) is 5.43. The van der Waals surface area contributed by atoms with Crippen molar-refractivity contribution >= 4 is 44.5 Å². The largest absolute Gasteiger partial charge is 0.497 e. The number of methoxy groups -OCH3 is 1. The van der Waals surface area contributed by atoms with Crippen LogP contribution in [0, 0.1) is 5.82 Å². The van der Waals surface area contributed by atoms with Gasteiger partial charge in [-0.15, -0.1) is 0 Å². The lowest BCUT2D eigenvalue weighted by Gasteiger charge is -2.06. The molecular formula is C19H16BrFN4O3S. The number of amidine groups is 1. The quantitative estimate of drug-likeness (QED) is 0.227. The zero-order valence-corrected chi connectivity index (χ0v) is 17.6. The summed E-state index contributed by atoms with van der Waals surface area (Å²) in [6.45, 7) is 0. The second kappa shape index (κ2) is 9.68. The number of rotatable bonds is 7. The number of benzene rings is 2. The fraction of sp³-hybridized carbons (Fsp3) is 0.158. The lowest BCUT2D eigenvalue weighted by Crippen LogP contribution is -2.22. The number of hydrogen-bond acceptors (Lipinski definition) is 7. The molecule has 0 aliphatic carbocycles. The number of hydroxylamine groups is 1. The molecule has 0 radical (unpaired) electrons. The smallest absolute Gasteiger partial charge is 0.182 e. The Labute approximate surface area is 179 Å². The van der Waals surface area contributed by atoms with Crippen LogP contribution >= 0.6 is 28.1 Å². The highest BCUT2D eigenvalue weighted by molar-refractivity contribution is 9.10. The first-order valence-corrected chi connectivity index (χ1v) is 9.60. The van der Waals surface area contributed by atoms with E-state index in [-0.39, 0.29) is 16.0 Å². The third-order valence-electron chi connectivity index (χ3n) is 3.96. The second-order valence-corrected chi connectivity index (χ2v) is 7.40. The van der Waals surface area contributed by atoms with Crippen molar-refractivity contribution in [2.45, 2.75) is 12.8 Å². The van der Waals surface area contributed by atoms with Crippen molar-refractivity contribution in [2.24, 2.45) is 4.99 Å². The highest BCUT2D eigenvalue weighted by Gasteiger charge is 2.18. The molecule has 0 amide bonds. The highest BCUT2D eigenvalue weighted by Crippen LogP contribution is 2.23. The Balaban J connectivity index is 1.76. The predicted molar refractivity (Wildman–Crippen MR) is 113 cm³/mol. The first-order chi connectivity index (χ1) is 14.0. The third-order valence-corrected chi connectivity index (χ3v) is 4.85. The van der Waals surface area contributed by atoms with E-state index in [1.54, 1.807) is 7.11 Å². The maximum atomic E-state index is 13.4. The van der Waals surface area contributed by atoms with Crippen molar-refractivity contribution in [3.8, 4) is 5.75 Å². The molecule has 0 aliphatic heterocycles. The minimum atomic E-state index is -0.421. The summed E-state index contributed by atoms with van der Waals surface area (Å²) in [5.74, 6) is 0.354. The Morgan fingerprint density at radius 2 is 2.00 bits per heavy atom. The van der Waals surface area contributed by atoms with Crippen LogP contribution in [0.25, 0.3) is 0 Å². The van der Waals surface area contributed by atoms with Gasteiger partial charge in [0.25, 0.3) is 0 Å². The second-order valence-electron chi connectivity index (χ2n) is 5.97. The predicted octanol–water partition coefficient (Wildman–Crippen LogP) is 4.19. The average Bonchev–Trinajstić information content (AvgIpc) is 3.17. The Morgan fingerprint density at radius 1 is 1.24 bits per heavy atom. The SMILES string of the molecule is COc1ccc(CC(=S)Cc2nonc2C(=Nc2ccc(F)c(Br)c2)NO)cc1. The molecule has 0 fully saturated rings.